The number of nitrogens with one attached hydrogen (secondary N) is 1. The Hall–Kier alpha value is -1.94. The van der Waals surface area contributed by atoms with Crippen LogP contribution in [0.3, 0.4) is 0 Å². The number of rotatable bonds is 21. The summed E-state index contributed by atoms with van der Waals surface area (Å²) in [4.78, 5) is 29.7. The van der Waals surface area contributed by atoms with Gasteiger partial charge in [0.25, 0.3) is 5.91 Å². The third-order valence-corrected chi connectivity index (χ3v) is 10.1. The van der Waals surface area contributed by atoms with Crippen molar-refractivity contribution in [3.8, 4) is 5.75 Å². The molecule has 0 saturated heterocycles. The first kappa shape index (κ1) is 36.3. The topological polar surface area (TPSA) is 92.8 Å². The van der Waals surface area contributed by atoms with E-state index < -0.39 is 30.7 Å². The van der Waals surface area contributed by atoms with Gasteiger partial charge in [0, 0.05) is 5.56 Å². The Labute approximate surface area is 265 Å². The van der Waals surface area contributed by atoms with Gasteiger partial charge in [-0.25, -0.2) is 13.4 Å². The van der Waals surface area contributed by atoms with Crippen molar-refractivity contribution in [1.29, 1.82) is 0 Å². The number of hydrazine groups is 1. The summed E-state index contributed by atoms with van der Waals surface area (Å²) in [5, 5.41) is 0.187. The van der Waals surface area contributed by atoms with Crippen LogP contribution in [0.1, 0.15) is 108 Å². The van der Waals surface area contributed by atoms with Crippen LogP contribution in [0.25, 0.3) is 0 Å². The first-order valence-electron chi connectivity index (χ1n) is 15.1. The van der Waals surface area contributed by atoms with E-state index in [4.69, 9.17) is 16.3 Å². The van der Waals surface area contributed by atoms with Gasteiger partial charge in [-0.15, -0.1) is 4.83 Å². The molecule has 1 amide bonds. The number of para-hydroxylation sites is 1. The van der Waals surface area contributed by atoms with Crippen LogP contribution in [0.5, 0.6) is 5.75 Å². The molecule has 42 heavy (non-hydrogen) atoms. The highest BCUT2D eigenvalue weighted by atomic mass is 79.9. The number of carbonyl (C=O) groups excluding carboxylic acids is 2. The second kappa shape index (κ2) is 18.7. The molecule has 234 valence electrons. The van der Waals surface area contributed by atoms with Crippen LogP contribution >= 0.6 is 27.5 Å². The number of nitrogens with zero attached hydrogens (tertiary/aromatic N) is 1. The van der Waals surface area contributed by atoms with Gasteiger partial charge in [0.05, 0.1) is 18.0 Å². The Morgan fingerprint density at radius 3 is 1.93 bits per heavy atom. The average molecular weight is 686 g/mol. The van der Waals surface area contributed by atoms with Crippen LogP contribution < -0.4 is 14.6 Å². The van der Waals surface area contributed by atoms with Gasteiger partial charge < -0.3 is 4.74 Å². The van der Waals surface area contributed by atoms with Gasteiger partial charge in [0.2, 0.25) is 19.6 Å². The molecule has 2 rings (SSSR count). The second-order valence-electron chi connectivity index (χ2n) is 10.6. The number of hydrogen-bond donors (Lipinski definition) is 1. The number of unbranched alkanes of at least 4 members (excludes halogenated alkanes) is 9. The average Bonchev–Trinajstić information content (AvgIpc) is 3.00. The van der Waals surface area contributed by atoms with Crippen molar-refractivity contribution in [1.82, 2.24) is 4.83 Å². The number of alkyl halides is 2. The molecule has 0 fully saturated rings. The van der Waals surface area contributed by atoms with Crippen LogP contribution in [0.2, 0.25) is 0 Å². The summed E-state index contributed by atoms with van der Waals surface area (Å²) in [5.41, 5.74) is 0.411. The number of sulfonamides is 1. The first-order chi connectivity index (χ1) is 20.1. The van der Waals surface area contributed by atoms with E-state index >= 15 is 0 Å². The van der Waals surface area contributed by atoms with E-state index in [1.807, 2.05) is 6.92 Å². The van der Waals surface area contributed by atoms with E-state index in [2.05, 4.69) is 27.7 Å². The van der Waals surface area contributed by atoms with Gasteiger partial charge in [-0.1, -0.05) is 114 Å². The van der Waals surface area contributed by atoms with E-state index in [-0.39, 0.29) is 11.3 Å². The molecule has 0 saturated carbocycles. The van der Waals surface area contributed by atoms with Crippen LogP contribution in [0, 0.1) is 0 Å². The van der Waals surface area contributed by atoms with Crippen molar-refractivity contribution < 1.29 is 22.7 Å². The molecule has 7 nitrogen and oxygen atoms in total. The third kappa shape index (κ3) is 11.3. The first-order valence-corrected chi connectivity index (χ1v) is 17.8. The molecule has 0 bridgehead atoms. The minimum absolute atomic E-state index is 0.165. The van der Waals surface area contributed by atoms with Crippen LogP contribution in [-0.4, -0.2) is 36.3 Å². The number of benzene rings is 2. The molecule has 0 aliphatic heterocycles. The number of carbonyl (C=O) groups is 2. The van der Waals surface area contributed by atoms with E-state index in [1.165, 1.54) is 51.3 Å². The zero-order valence-electron chi connectivity index (χ0n) is 25.1. The van der Waals surface area contributed by atoms with E-state index in [1.54, 1.807) is 42.5 Å². The Balaban J connectivity index is 2.20. The summed E-state index contributed by atoms with van der Waals surface area (Å²) >= 11 is 9.68. The van der Waals surface area contributed by atoms with Gasteiger partial charge in [-0.05, 0) is 65.2 Å². The summed E-state index contributed by atoms with van der Waals surface area (Å²) in [6, 6.07) is 14.4. The van der Waals surface area contributed by atoms with E-state index in [9.17, 15) is 18.0 Å². The molecule has 0 spiro atoms. The van der Waals surface area contributed by atoms with Crippen molar-refractivity contribution in [3.63, 3.8) is 0 Å². The van der Waals surface area contributed by atoms with Gasteiger partial charge in [-0.2, -0.15) is 0 Å². The van der Waals surface area contributed by atoms with Crippen molar-refractivity contribution in [2.24, 2.45) is 0 Å². The number of amides is 1. The number of hydrogen-bond acceptors (Lipinski definition) is 5. The minimum atomic E-state index is -4.01. The third-order valence-electron chi connectivity index (χ3n) is 7.29. The number of anilines is 1. The number of halogens is 2. The standard InChI is InChI=1S/C32H46BrClN2O5S/c1-4-6-8-9-10-11-12-13-17-21-29(20-7-5-2)42(39,40)35-36(27-18-15-14-16-19-27)31(38)32(33,34)30(37)26-22-24-28(41-3)25-23-26/h14-16,18-19,22-25,29,35H,4-13,17,20-21H2,1-3H3. The molecule has 0 heterocycles. The number of Topliss-reactive ketones (excluding diaryl/α,β-unsaturated/α-hetero) is 1. The minimum Gasteiger partial charge on any atom is -0.497 e. The lowest BCUT2D eigenvalue weighted by Crippen LogP contribution is -2.56. The summed E-state index contributed by atoms with van der Waals surface area (Å²) < 4.78 is 30.4. The maximum atomic E-state index is 13.8. The fraction of sp³-hybridized carbons (Fsp3) is 0.562. The highest BCUT2D eigenvalue weighted by molar-refractivity contribution is 9.11. The molecule has 0 radical (unpaired) electrons. The number of methoxy groups -OCH3 is 1. The van der Waals surface area contributed by atoms with Gasteiger partial charge in [0.15, 0.2) is 0 Å². The molecule has 0 aliphatic carbocycles. The quantitative estimate of drug-likeness (QED) is 0.0467. The summed E-state index contributed by atoms with van der Waals surface area (Å²) in [7, 11) is -2.50. The van der Waals surface area contributed by atoms with Gasteiger partial charge in [0.1, 0.15) is 5.75 Å². The van der Waals surface area contributed by atoms with Crippen molar-refractivity contribution in [3.05, 3.63) is 60.2 Å². The zero-order chi connectivity index (χ0) is 31.0. The lowest BCUT2D eigenvalue weighted by molar-refractivity contribution is -0.118. The Morgan fingerprint density at radius 1 is 0.857 bits per heavy atom. The van der Waals surface area contributed by atoms with Crippen LogP contribution in [0.15, 0.2) is 54.6 Å². The van der Waals surface area contributed by atoms with Crippen LogP contribution in [0.4, 0.5) is 5.69 Å². The zero-order valence-corrected chi connectivity index (χ0v) is 28.3. The molecule has 1 N–H and O–H groups in total. The molecule has 0 aliphatic rings. The lowest BCUT2D eigenvalue weighted by atomic mass is 10.0. The number of ketones is 1. The molecule has 2 unspecified atom stereocenters. The Morgan fingerprint density at radius 2 is 1.38 bits per heavy atom. The molecular formula is C32H46BrClN2O5S. The molecule has 10 heteroatoms. The predicted molar refractivity (Wildman–Crippen MR) is 176 cm³/mol. The highest BCUT2D eigenvalue weighted by Gasteiger charge is 2.46. The predicted octanol–water partition coefficient (Wildman–Crippen LogP) is 8.56. The summed E-state index contributed by atoms with van der Waals surface area (Å²) in [6.45, 7) is 4.23. The van der Waals surface area contributed by atoms with Gasteiger partial charge >= 0.3 is 0 Å². The van der Waals surface area contributed by atoms with Crippen molar-refractivity contribution >= 4 is 54.9 Å². The van der Waals surface area contributed by atoms with E-state index in [0.29, 0.717) is 18.6 Å². The van der Waals surface area contributed by atoms with Crippen molar-refractivity contribution in [2.75, 3.05) is 12.1 Å². The maximum Gasteiger partial charge on any atom is 0.282 e. The Kier molecular flexibility index (Phi) is 16.1. The smallest absolute Gasteiger partial charge is 0.282 e. The normalized spacial score (nSPS) is 13.7. The Bertz CT molecular complexity index is 1190. The maximum absolute atomic E-state index is 13.8. The van der Waals surface area contributed by atoms with Crippen LogP contribution in [-0.2, 0) is 14.8 Å². The lowest BCUT2D eigenvalue weighted by Gasteiger charge is -2.30. The number of ether oxygens (including phenoxy) is 1. The summed E-state index contributed by atoms with van der Waals surface area (Å²) in [6.07, 6.45) is 12.8. The summed E-state index contributed by atoms with van der Waals surface area (Å²) in [5.74, 6) is -1.15. The molecule has 2 aromatic rings. The van der Waals surface area contributed by atoms with Crippen molar-refractivity contribution in [2.45, 2.75) is 106 Å². The second-order valence-corrected chi connectivity index (χ2v) is 14.8. The monoisotopic (exact) mass is 684 g/mol. The fourth-order valence-electron chi connectivity index (χ4n) is 4.72. The largest absolute Gasteiger partial charge is 0.497 e. The van der Waals surface area contributed by atoms with E-state index in [0.717, 1.165) is 43.5 Å². The highest BCUT2D eigenvalue weighted by Crippen LogP contribution is 2.33. The molecule has 2 atom stereocenters. The SMILES string of the molecule is CCCCCCCCCCCC(CCCC)S(=O)(=O)NN(C(=O)C(Cl)(Br)C(=O)c1ccc(OC)cc1)c1ccccc1. The molecule has 2 aromatic carbocycles. The fourth-order valence-corrected chi connectivity index (χ4v) is 6.87. The van der Waals surface area contributed by atoms with Gasteiger partial charge in [-0.3, -0.25) is 9.59 Å². The molecule has 0 aromatic heterocycles. The molecular weight excluding hydrogens is 640 g/mol.